The summed E-state index contributed by atoms with van der Waals surface area (Å²) < 4.78 is 0. The quantitative estimate of drug-likeness (QED) is 0.660. The maximum absolute atomic E-state index is 11.5. The number of halogens is 1. The van der Waals surface area contributed by atoms with E-state index in [9.17, 15) is 14.4 Å². The summed E-state index contributed by atoms with van der Waals surface area (Å²) in [6.07, 6.45) is 0. The SMILES string of the molecule is NC(=O)CNC(=O)c1ccc(NC(=O)CCl)cc1. The number of primary amides is 1. The highest BCUT2D eigenvalue weighted by Gasteiger charge is 2.06. The average molecular weight is 270 g/mol. The van der Waals surface area contributed by atoms with Crippen LogP contribution in [0.15, 0.2) is 24.3 Å². The first-order valence-corrected chi connectivity index (χ1v) is 5.58. The normalized spacial score (nSPS) is 9.61. The molecule has 3 amide bonds. The predicted molar refractivity (Wildman–Crippen MR) is 67.3 cm³/mol. The van der Waals surface area contributed by atoms with Gasteiger partial charge in [0.05, 0.1) is 6.54 Å². The van der Waals surface area contributed by atoms with Gasteiger partial charge in [0.25, 0.3) is 5.91 Å². The van der Waals surface area contributed by atoms with Crippen molar-refractivity contribution in [3.63, 3.8) is 0 Å². The number of carbonyl (C=O) groups is 3. The number of nitrogens with two attached hydrogens (primary N) is 1. The minimum absolute atomic E-state index is 0.138. The summed E-state index contributed by atoms with van der Waals surface area (Å²) in [4.78, 5) is 33.0. The van der Waals surface area contributed by atoms with Gasteiger partial charge in [-0.25, -0.2) is 0 Å². The highest BCUT2D eigenvalue weighted by Crippen LogP contribution is 2.09. The molecule has 0 aliphatic rings. The molecule has 18 heavy (non-hydrogen) atoms. The van der Waals surface area contributed by atoms with Crippen LogP contribution in [0.3, 0.4) is 0 Å². The van der Waals surface area contributed by atoms with E-state index >= 15 is 0 Å². The zero-order valence-electron chi connectivity index (χ0n) is 9.40. The van der Waals surface area contributed by atoms with Crippen molar-refractivity contribution in [3.8, 4) is 0 Å². The number of hydrogen-bond donors (Lipinski definition) is 3. The average Bonchev–Trinajstić information content (AvgIpc) is 2.36. The van der Waals surface area contributed by atoms with Crippen molar-refractivity contribution in [1.82, 2.24) is 5.32 Å². The summed E-state index contributed by atoms with van der Waals surface area (Å²) in [5, 5.41) is 4.88. The number of nitrogens with one attached hydrogen (secondary N) is 2. The van der Waals surface area contributed by atoms with Gasteiger partial charge in [0.2, 0.25) is 11.8 Å². The number of rotatable bonds is 5. The van der Waals surface area contributed by atoms with Crippen LogP contribution in [0.2, 0.25) is 0 Å². The van der Waals surface area contributed by atoms with Crippen LogP contribution in [0.1, 0.15) is 10.4 Å². The molecule has 0 aromatic heterocycles. The number of hydrogen-bond acceptors (Lipinski definition) is 3. The summed E-state index contributed by atoms with van der Waals surface area (Å²) in [5.74, 6) is -1.50. The van der Waals surface area contributed by atoms with E-state index in [4.69, 9.17) is 17.3 Å². The molecule has 7 heteroatoms. The maximum Gasteiger partial charge on any atom is 0.251 e. The smallest absolute Gasteiger partial charge is 0.251 e. The largest absolute Gasteiger partial charge is 0.368 e. The summed E-state index contributed by atoms with van der Waals surface area (Å²) in [6, 6.07) is 6.15. The van der Waals surface area contributed by atoms with Crippen LogP contribution >= 0.6 is 11.6 Å². The number of alkyl halides is 1. The zero-order valence-corrected chi connectivity index (χ0v) is 10.2. The van der Waals surface area contributed by atoms with Crippen LogP contribution in [-0.4, -0.2) is 30.1 Å². The Balaban J connectivity index is 2.62. The van der Waals surface area contributed by atoms with Crippen LogP contribution in [0.4, 0.5) is 5.69 Å². The minimum atomic E-state index is -0.616. The van der Waals surface area contributed by atoms with E-state index in [2.05, 4.69) is 10.6 Å². The fourth-order valence-electron chi connectivity index (χ4n) is 1.17. The Morgan fingerprint density at radius 3 is 2.28 bits per heavy atom. The molecule has 0 atom stereocenters. The molecule has 0 fully saturated rings. The Morgan fingerprint density at radius 1 is 1.17 bits per heavy atom. The van der Waals surface area contributed by atoms with Gasteiger partial charge in [-0.2, -0.15) is 0 Å². The summed E-state index contributed by atoms with van der Waals surface area (Å²) >= 11 is 5.33. The second kappa shape index (κ2) is 6.61. The third-order valence-electron chi connectivity index (χ3n) is 1.98. The Kier molecular flexibility index (Phi) is 5.13. The van der Waals surface area contributed by atoms with Gasteiger partial charge in [-0.15, -0.1) is 11.6 Å². The highest BCUT2D eigenvalue weighted by atomic mass is 35.5. The third-order valence-corrected chi connectivity index (χ3v) is 2.22. The van der Waals surface area contributed by atoms with Crippen LogP contribution in [0.25, 0.3) is 0 Å². The van der Waals surface area contributed by atoms with Crippen molar-refractivity contribution in [2.45, 2.75) is 0 Å². The van der Waals surface area contributed by atoms with Crippen LogP contribution in [-0.2, 0) is 9.59 Å². The highest BCUT2D eigenvalue weighted by molar-refractivity contribution is 6.29. The molecule has 0 spiro atoms. The second-order valence-electron chi connectivity index (χ2n) is 3.41. The Morgan fingerprint density at radius 2 is 1.78 bits per heavy atom. The predicted octanol–water partition coefficient (Wildman–Crippen LogP) is 0.0790. The Hall–Kier alpha value is -2.08. The van der Waals surface area contributed by atoms with Crippen LogP contribution in [0.5, 0.6) is 0 Å². The zero-order chi connectivity index (χ0) is 13.5. The fraction of sp³-hybridized carbons (Fsp3) is 0.182. The molecular weight excluding hydrogens is 258 g/mol. The summed E-state index contributed by atoms with van der Waals surface area (Å²) in [7, 11) is 0. The lowest BCUT2D eigenvalue weighted by Crippen LogP contribution is -2.33. The maximum atomic E-state index is 11.5. The molecule has 0 bridgehead atoms. The van der Waals surface area contributed by atoms with Crippen molar-refractivity contribution in [2.75, 3.05) is 17.7 Å². The third kappa shape index (κ3) is 4.42. The van der Waals surface area contributed by atoms with Gasteiger partial charge in [0.15, 0.2) is 0 Å². The lowest BCUT2D eigenvalue weighted by molar-refractivity contribution is -0.117. The van der Waals surface area contributed by atoms with Gasteiger partial charge < -0.3 is 16.4 Å². The van der Waals surface area contributed by atoms with Crippen molar-refractivity contribution in [1.29, 1.82) is 0 Å². The lowest BCUT2D eigenvalue weighted by Gasteiger charge is -2.05. The van der Waals surface area contributed by atoms with Gasteiger partial charge in [-0.1, -0.05) is 0 Å². The molecule has 0 saturated heterocycles. The first-order valence-electron chi connectivity index (χ1n) is 5.05. The molecule has 96 valence electrons. The van der Waals surface area contributed by atoms with Crippen molar-refractivity contribution in [3.05, 3.63) is 29.8 Å². The van der Waals surface area contributed by atoms with E-state index in [1.54, 1.807) is 12.1 Å². The number of benzene rings is 1. The second-order valence-corrected chi connectivity index (χ2v) is 3.68. The number of anilines is 1. The van der Waals surface area contributed by atoms with E-state index < -0.39 is 11.8 Å². The molecule has 0 saturated carbocycles. The van der Waals surface area contributed by atoms with Crippen molar-refractivity contribution >= 4 is 35.0 Å². The lowest BCUT2D eigenvalue weighted by atomic mass is 10.2. The molecule has 1 aromatic carbocycles. The van der Waals surface area contributed by atoms with Gasteiger partial charge in [0, 0.05) is 11.3 Å². The van der Waals surface area contributed by atoms with Gasteiger partial charge in [-0.05, 0) is 24.3 Å². The van der Waals surface area contributed by atoms with Crippen LogP contribution < -0.4 is 16.4 Å². The molecule has 0 unspecified atom stereocenters. The van der Waals surface area contributed by atoms with E-state index in [1.807, 2.05) is 0 Å². The fourth-order valence-corrected chi connectivity index (χ4v) is 1.24. The molecule has 1 aromatic rings. The van der Waals surface area contributed by atoms with Gasteiger partial charge >= 0.3 is 0 Å². The van der Waals surface area contributed by atoms with E-state index in [1.165, 1.54) is 12.1 Å². The first kappa shape index (κ1) is 14.0. The molecule has 0 aliphatic carbocycles. The summed E-state index contributed by atoms with van der Waals surface area (Å²) in [6.45, 7) is -0.219. The molecule has 0 radical (unpaired) electrons. The standard InChI is InChI=1S/C11H12ClN3O3/c12-5-10(17)15-8-3-1-7(2-4-8)11(18)14-6-9(13)16/h1-4H,5-6H2,(H2,13,16)(H,14,18)(H,15,17). The Labute approximate surface area is 108 Å². The minimum Gasteiger partial charge on any atom is -0.368 e. The molecule has 1 rings (SSSR count). The number of carbonyl (C=O) groups excluding carboxylic acids is 3. The first-order chi connectivity index (χ1) is 8.52. The number of amides is 3. The van der Waals surface area contributed by atoms with Crippen LogP contribution in [0, 0.1) is 0 Å². The van der Waals surface area contributed by atoms with Gasteiger partial charge in [-0.3, -0.25) is 14.4 Å². The van der Waals surface area contributed by atoms with Crippen molar-refractivity contribution < 1.29 is 14.4 Å². The van der Waals surface area contributed by atoms with Gasteiger partial charge in [0.1, 0.15) is 5.88 Å². The topological polar surface area (TPSA) is 101 Å². The molecule has 6 nitrogen and oxygen atoms in total. The monoisotopic (exact) mass is 269 g/mol. The molecule has 4 N–H and O–H groups in total. The molecular formula is C11H12ClN3O3. The van der Waals surface area contributed by atoms with E-state index in [0.29, 0.717) is 11.3 Å². The molecule has 0 aliphatic heterocycles. The van der Waals surface area contributed by atoms with E-state index in [-0.39, 0.29) is 18.3 Å². The summed E-state index contributed by atoms with van der Waals surface area (Å²) in [5.41, 5.74) is 5.80. The molecule has 0 heterocycles. The van der Waals surface area contributed by atoms with Crippen molar-refractivity contribution in [2.24, 2.45) is 5.73 Å². The van der Waals surface area contributed by atoms with E-state index in [0.717, 1.165) is 0 Å². The Bertz CT molecular complexity index is 459.